The van der Waals surface area contributed by atoms with Crippen molar-refractivity contribution in [2.24, 2.45) is 22.5 Å². The Morgan fingerprint density at radius 2 is 1.81 bits per heavy atom. The van der Waals surface area contributed by atoms with Crippen LogP contribution in [0.3, 0.4) is 0 Å². The second-order valence-corrected chi connectivity index (χ2v) is 7.73. The number of benzene rings is 1. The molecule has 1 aliphatic rings. The summed E-state index contributed by atoms with van der Waals surface area (Å²) in [6, 6.07) is 4.44. The molecule has 0 saturated heterocycles. The van der Waals surface area contributed by atoms with Crippen LogP contribution in [0.4, 0.5) is 8.78 Å². The smallest absolute Gasteiger partial charge is 0.162 e. The first kappa shape index (κ1) is 16.4. The topological polar surface area (TPSA) is 26.0 Å². The highest BCUT2D eigenvalue weighted by molar-refractivity contribution is 5.21. The van der Waals surface area contributed by atoms with E-state index in [1.54, 1.807) is 12.1 Å². The summed E-state index contributed by atoms with van der Waals surface area (Å²) in [6.07, 6.45) is 4.79. The second kappa shape index (κ2) is 6.04. The van der Waals surface area contributed by atoms with Crippen molar-refractivity contribution in [2.75, 3.05) is 6.54 Å². The summed E-state index contributed by atoms with van der Waals surface area (Å²) in [6.45, 7) is 7.37. The van der Waals surface area contributed by atoms with E-state index in [2.05, 4.69) is 20.8 Å². The van der Waals surface area contributed by atoms with Crippen molar-refractivity contribution >= 4 is 0 Å². The van der Waals surface area contributed by atoms with Gasteiger partial charge in [0.05, 0.1) is 0 Å². The highest BCUT2D eigenvalue weighted by atomic mass is 19.2. The molecule has 1 aliphatic carbocycles. The van der Waals surface area contributed by atoms with Crippen molar-refractivity contribution in [3.05, 3.63) is 35.4 Å². The largest absolute Gasteiger partial charge is 0.330 e. The molecule has 0 unspecified atom stereocenters. The van der Waals surface area contributed by atoms with Gasteiger partial charge in [-0.2, -0.15) is 0 Å². The van der Waals surface area contributed by atoms with Crippen molar-refractivity contribution < 1.29 is 8.78 Å². The molecule has 0 spiro atoms. The summed E-state index contributed by atoms with van der Waals surface area (Å²) in [4.78, 5) is 0. The van der Waals surface area contributed by atoms with Crippen LogP contribution in [0.5, 0.6) is 0 Å². The number of hydrogen-bond donors (Lipinski definition) is 1. The number of hydrogen-bond acceptors (Lipinski definition) is 1. The van der Waals surface area contributed by atoms with Crippen LogP contribution in [-0.2, 0) is 6.42 Å². The molecule has 2 N–H and O–H groups in total. The minimum absolute atomic E-state index is 0.0730. The van der Waals surface area contributed by atoms with Crippen molar-refractivity contribution in [2.45, 2.75) is 52.9 Å². The van der Waals surface area contributed by atoms with Gasteiger partial charge < -0.3 is 5.73 Å². The van der Waals surface area contributed by atoms with Crippen LogP contribution < -0.4 is 5.73 Å². The molecule has 0 amide bonds. The Balaban J connectivity index is 2.12. The maximum atomic E-state index is 13.9. The third-order valence-electron chi connectivity index (χ3n) is 5.30. The predicted octanol–water partition coefficient (Wildman–Crippen LogP) is 4.69. The number of nitrogens with two attached hydrogens (primary N) is 1. The van der Waals surface area contributed by atoms with Gasteiger partial charge in [0.15, 0.2) is 11.6 Å². The van der Waals surface area contributed by atoms with Gasteiger partial charge >= 0.3 is 0 Å². The second-order valence-electron chi connectivity index (χ2n) is 7.73. The molecule has 21 heavy (non-hydrogen) atoms. The van der Waals surface area contributed by atoms with E-state index in [0.717, 1.165) is 25.7 Å². The van der Waals surface area contributed by atoms with Crippen molar-refractivity contribution in [3.8, 4) is 0 Å². The molecular formula is C18H27F2N. The summed E-state index contributed by atoms with van der Waals surface area (Å²) in [5, 5.41) is 0. The lowest BCUT2D eigenvalue weighted by atomic mass is 9.62. The third kappa shape index (κ3) is 3.63. The molecule has 0 bridgehead atoms. The lowest BCUT2D eigenvalue weighted by Crippen LogP contribution is -2.39. The Labute approximate surface area is 126 Å². The van der Waals surface area contributed by atoms with Gasteiger partial charge in [0.25, 0.3) is 0 Å². The standard InChI is InChI=1S/C18H27F2N/c1-17(2,3)14-7-9-18(12-21,10-8-14)11-13-5-4-6-15(19)16(13)20/h4-6,14H,7-12,21H2,1-3H3. The summed E-state index contributed by atoms with van der Waals surface area (Å²) in [5.41, 5.74) is 6.72. The quantitative estimate of drug-likeness (QED) is 0.860. The zero-order chi connectivity index (χ0) is 15.7. The van der Waals surface area contributed by atoms with Crippen LogP contribution in [0.2, 0.25) is 0 Å². The normalized spacial score (nSPS) is 26.9. The van der Waals surface area contributed by atoms with E-state index >= 15 is 0 Å². The summed E-state index contributed by atoms with van der Waals surface area (Å²) in [7, 11) is 0. The highest BCUT2D eigenvalue weighted by Crippen LogP contribution is 2.46. The van der Waals surface area contributed by atoms with Crippen LogP contribution in [0.1, 0.15) is 52.0 Å². The molecular weight excluding hydrogens is 268 g/mol. The molecule has 1 aromatic carbocycles. The van der Waals surface area contributed by atoms with Gasteiger partial charge in [-0.05, 0) is 67.0 Å². The van der Waals surface area contributed by atoms with Gasteiger partial charge in [0.2, 0.25) is 0 Å². The molecule has 0 atom stereocenters. The van der Waals surface area contributed by atoms with E-state index in [0.29, 0.717) is 29.9 Å². The lowest BCUT2D eigenvalue weighted by Gasteiger charge is -2.44. The molecule has 1 nitrogen and oxygen atoms in total. The summed E-state index contributed by atoms with van der Waals surface area (Å²) < 4.78 is 27.3. The zero-order valence-electron chi connectivity index (χ0n) is 13.4. The predicted molar refractivity (Wildman–Crippen MR) is 83.0 cm³/mol. The Morgan fingerprint density at radius 3 is 2.33 bits per heavy atom. The fourth-order valence-electron chi connectivity index (χ4n) is 3.64. The maximum absolute atomic E-state index is 13.9. The number of halogens is 2. The van der Waals surface area contributed by atoms with Crippen molar-refractivity contribution in [3.63, 3.8) is 0 Å². The zero-order valence-corrected chi connectivity index (χ0v) is 13.4. The van der Waals surface area contributed by atoms with Gasteiger partial charge in [-0.15, -0.1) is 0 Å². The minimum atomic E-state index is -0.761. The van der Waals surface area contributed by atoms with E-state index in [-0.39, 0.29) is 5.41 Å². The Bertz CT molecular complexity index is 482. The summed E-state index contributed by atoms with van der Waals surface area (Å²) >= 11 is 0. The molecule has 0 aromatic heterocycles. The minimum Gasteiger partial charge on any atom is -0.330 e. The van der Waals surface area contributed by atoms with Crippen molar-refractivity contribution in [1.29, 1.82) is 0 Å². The molecule has 0 aliphatic heterocycles. The monoisotopic (exact) mass is 295 g/mol. The van der Waals surface area contributed by atoms with Gasteiger partial charge in [-0.25, -0.2) is 8.78 Å². The van der Waals surface area contributed by atoms with Gasteiger partial charge in [-0.1, -0.05) is 32.9 Å². The van der Waals surface area contributed by atoms with Crippen molar-refractivity contribution in [1.82, 2.24) is 0 Å². The molecule has 2 rings (SSSR count). The van der Waals surface area contributed by atoms with E-state index in [9.17, 15) is 8.78 Å². The fraction of sp³-hybridized carbons (Fsp3) is 0.667. The Kier molecular flexibility index (Phi) is 4.72. The van der Waals surface area contributed by atoms with Gasteiger partial charge in [0, 0.05) is 0 Å². The van der Waals surface area contributed by atoms with Crippen LogP contribution in [-0.4, -0.2) is 6.54 Å². The molecule has 3 heteroatoms. The third-order valence-corrected chi connectivity index (χ3v) is 5.30. The van der Waals surface area contributed by atoms with E-state index in [4.69, 9.17) is 5.73 Å². The van der Waals surface area contributed by atoms with Crippen LogP contribution >= 0.6 is 0 Å². The van der Waals surface area contributed by atoms with Gasteiger partial charge in [0.1, 0.15) is 0 Å². The summed E-state index contributed by atoms with van der Waals surface area (Å²) in [5.74, 6) is -0.777. The molecule has 118 valence electrons. The first-order valence-electron chi connectivity index (χ1n) is 7.90. The first-order chi connectivity index (χ1) is 9.77. The Hall–Kier alpha value is -0.960. The highest BCUT2D eigenvalue weighted by Gasteiger charge is 2.38. The molecule has 1 fully saturated rings. The number of rotatable bonds is 3. The fourth-order valence-corrected chi connectivity index (χ4v) is 3.64. The molecule has 0 heterocycles. The van der Waals surface area contributed by atoms with Crippen LogP contribution in [0.25, 0.3) is 0 Å². The van der Waals surface area contributed by atoms with E-state index in [1.165, 1.54) is 6.07 Å². The van der Waals surface area contributed by atoms with E-state index in [1.807, 2.05) is 0 Å². The van der Waals surface area contributed by atoms with Gasteiger partial charge in [-0.3, -0.25) is 0 Å². The maximum Gasteiger partial charge on any atom is 0.162 e. The lowest BCUT2D eigenvalue weighted by molar-refractivity contribution is 0.0919. The first-order valence-corrected chi connectivity index (χ1v) is 7.90. The molecule has 0 radical (unpaired) electrons. The SMILES string of the molecule is CC(C)(C)C1CCC(CN)(Cc2cccc(F)c2F)CC1. The van der Waals surface area contributed by atoms with Crippen LogP contribution in [0, 0.1) is 28.4 Å². The van der Waals surface area contributed by atoms with E-state index < -0.39 is 11.6 Å². The van der Waals surface area contributed by atoms with Crippen LogP contribution in [0.15, 0.2) is 18.2 Å². The Morgan fingerprint density at radius 1 is 1.19 bits per heavy atom. The average molecular weight is 295 g/mol. The molecule has 1 aromatic rings. The average Bonchev–Trinajstić information content (AvgIpc) is 2.43. The molecule has 1 saturated carbocycles.